The van der Waals surface area contributed by atoms with Crippen molar-refractivity contribution < 1.29 is 19.5 Å². The second-order valence-corrected chi connectivity index (χ2v) is 16.5. The third kappa shape index (κ3) is 8.27. The number of pyridine rings is 1. The van der Waals surface area contributed by atoms with E-state index in [1.54, 1.807) is 12.4 Å². The van der Waals surface area contributed by atoms with Crippen molar-refractivity contribution >= 4 is 39.8 Å². The van der Waals surface area contributed by atoms with E-state index < -0.39 is 11.9 Å². The number of nitrogens with two attached hydrogens (primary N) is 1. The average molecular weight is 760 g/mol. The number of nitrogens with zero attached hydrogens (tertiary/aromatic N) is 6. The number of rotatable bonds is 10. The predicted molar refractivity (Wildman–Crippen MR) is 216 cm³/mol. The van der Waals surface area contributed by atoms with Crippen LogP contribution in [-0.2, 0) is 16.0 Å². The zero-order valence-electron chi connectivity index (χ0n) is 32.2. The molecule has 8 rings (SSSR count). The lowest BCUT2D eigenvalue weighted by atomic mass is 9.87. The minimum atomic E-state index is -0.574. The van der Waals surface area contributed by atoms with Gasteiger partial charge in [0.15, 0.2) is 5.78 Å². The maximum atomic E-state index is 13.3. The number of piperidine rings is 3. The lowest BCUT2D eigenvalue weighted by Crippen LogP contribution is -2.41. The summed E-state index contributed by atoms with van der Waals surface area (Å²) in [6, 6.07) is 16.1. The van der Waals surface area contributed by atoms with Crippen LogP contribution < -0.4 is 21.1 Å². The maximum absolute atomic E-state index is 13.3. The molecule has 1 saturated carbocycles. The van der Waals surface area contributed by atoms with Gasteiger partial charge < -0.3 is 30.1 Å². The predicted octanol–water partition coefficient (Wildman–Crippen LogP) is 4.65. The van der Waals surface area contributed by atoms with Crippen LogP contribution in [0.15, 0.2) is 65.7 Å². The molecule has 56 heavy (non-hydrogen) atoms. The van der Waals surface area contributed by atoms with Crippen LogP contribution in [0, 0.1) is 11.8 Å². The summed E-state index contributed by atoms with van der Waals surface area (Å²) in [6.07, 6.45) is 11.0. The highest BCUT2D eigenvalue weighted by atomic mass is 16.3. The largest absolute Gasteiger partial charge is 0.396 e. The van der Waals surface area contributed by atoms with Crippen LogP contribution in [0.5, 0.6) is 0 Å². The van der Waals surface area contributed by atoms with Crippen molar-refractivity contribution in [2.24, 2.45) is 17.6 Å². The van der Waals surface area contributed by atoms with E-state index in [0.29, 0.717) is 42.2 Å². The first-order valence-electron chi connectivity index (χ1n) is 20.5. The van der Waals surface area contributed by atoms with Crippen molar-refractivity contribution in [2.45, 2.75) is 76.2 Å². The van der Waals surface area contributed by atoms with Gasteiger partial charge in [-0.15, -0.1) is 0 Å². The number of aliphatic hydroxyl groups excluding tert-OH is 1. The van der Waals surface area contributed by atoms with Gasteiger partial charge in [0, 0.05) is 69.4 Å². The molecule has 12 nitrogen and oxygen atoms in total. The Hall–Kier alpha value is -4.94. The number of likely N-dealkylation sites (tertiary alicyclic amines) is 1. The van der Waals surface area contributed by atoms with E-state index in [-0.39, 0.29) is 41.8 Å². The molecule has 4 aliphatic rings. The first-order valence-corrected chi connectivity index (χ1v) is 20.5. The first kappa shape index (κ1) is 38.0. The van der Waals surface area contributed by atoms with E-state index >= 15 is 0 Å². The Labute approximate surface area is 327 Å². The number of hydrogen-bond donors (Lipinski definition) is 2. The Morgan fingerprint density at radius 3 is 2.38 bits per heavy atom. The summed E-state index contributed by atoms with van der Waals surface area (Å²) < 4.78 is 1.52. The minimum Gasteiger partial charge on any atom is -0.396 e. The molecular weight excluding hydrogens is 707 g/mol. The van der Waals surface area contributed by atoms with Crippen molar-refractivity contribution in [3.05, 3.63) is 93.8 Å². The topological polar surface area (TPSA) is 155 Å². The number of aliphatic hydroxyl groups is 1. The Balaban J connectivity index is 0.817. The molecule has 3 N–H and O–H groups in total. The Morgan fingerprint density at radius 2 is 1.64 bits per heavy atom. The number of primary amides is 1. The molecule has 3 aliphatic heterocycles. The third-order valence-corrected chi connectivity index (χ3v) is 12.8. The van der Waals surface area contributed by atoms with Gasteiger partial charge in [-0.1, -0.05) is 24.3 Å². The summed E-state index contributed by atoms with van der Waals surface area (Å²) in [5.74, 6) is 1.34. The molecule has 1 unspecified atom stereocenters. The summed E-state index contributed by atoms with van der Waals surface area (Å²) in [7, 11) is 0. The molecule has 2 aromatic carbocycles. The van der Waals surface area contributed by atoms with E-state index in [0.717, 1.165) is 107 Å². The molecule has 4 fully saturated rings. The van der Waals surface area contributed by atoms with Crippen LogP contribution >= 0.6 is 0 Å². The van der Waals surface area contributed by atoms with E-state index in [4.69, 9.17) is 10.7 Å². The van der Waals surface area contributed by atoms with E-state index in [1.165, 1.54) is 10.1 Å². The van der Waals surface area contributed by atoms with Crippen LogP contribution in [-0.4, -0.2) is 94.4 Å². The molecule has 4 aromatic rings. The number of aromatic nitrogens is 3. The molecule has 294 valence electrons. The van der Waals surface area contributed by atoms with Crippen molar-refractivity contribution in [1.82, 2.24) is 19.4 Å². The fourth-order valence-electron chi connectivity index (χ4n) is 9.45. The van der Waals surface area contributed by atoms with Gasteiger partial charge in [0.1, 0.15) is 17.3 Å². The highest BCUT2D eigenvalue weighted by Crippen LogP contribution is 2.32. The van der Waals surface area contributed by atoms with Gasteiger partial charge in [-0.3, -0.25) is 19.2 Å². The van der Waals surface area contributed by atoms with Gasteiger partial charge in [0.25, 0.3) is 11.5 Å². The lowest BCUT2D eigenvalue weighted by Gasteiger charge is -2.38. The van der Waals surface area contributed by atoms with Gasteiger partial charge >= 0.3 is 0 Å². The van der Waals surface area contributed by atoms with E-state index in [9.17, 15) is 24.3 Å². The highest BCUT2D eigenvalue weighted by Gasteiger charge is 2.30. The van der Waals surface area contributed by atoms with Crippen LogP contribution in [0.2, 0.25) is 0 Å². The summed E-state index contributed by atoms with van der Waals surface area (Å²) in [6.45, 7) is 7.02. The molecule has 1 amide bonds. The van der Waals surface area contributed by atoms with Crippen molar-refractivity contribution in [3.63, 3.8) is 0 Å². The molecule has 0 bridgehead atoms. The summed E-state index contributed by atoms with van der Waals surface area (Å²) in [4.78, 5) is 66.2. The minimum absolute atomic E-state index is 0.0432. The van der Waals surface area contributed by atoms with E-state index in [2.05, 4.69) is 50.0 Å². The van der Waals surface area contributed by atoms with Crippen LogP contribution in [0.4, 0.5) is 11.5 Å². The monoisotopic (exact) mass is 759 g/mol. The highest BCUT2D eigenvalue weighted by molar-refractivity contribution is 6.03. The van der Waals surface area contributed by atoms with Gasteiger partial charge in [-0.2, -0.15) is 0 Å². The molecule has 0 radical (unpaired) electrons. The second kappa shape index (κ2) is 16.7. The number of anilines is 2. The molecular formula is C44H53N7O5. The van der Waals surface area contributed by atoms with Crippen LogP contribution in [0.3, 0.4) is 0 Å². The first-order chi connectivity index (χ1) is 27.2. The Kier molecular flexibility index (Phi) is 11.3. The van der Waals surface area contributed by atoms with Crippen LogP contribution in [0.1, 0.15) is 97.1 Å². The molecule has 2 aromatic heterocycles. The SMILES string of the molecule is NC(=O)c1ncc(N2CCC[C@@H](CO)C2)nc1Cc1ccc(C2CCN(CC3CCN(c4ccc5c(=O)n(C6CCC(=O)CC6=O)ccc5c4)CC3)CC2)cc1. The van der Waals surface area contributed by atoms with Gasteiger partial charge in [0.05, 0.1) is 24.4 Å². The number of carbonyl (C=O) groups excluding carboxylic acids is 3. The number of ketones is 2. The zero-order chi connectivity index (χ0) is 38.8. The lowest BCUT2D eigenvalue weighted by molar-refractivity contribution is -0.132. The average Bonchev–Trinajstić information content (AvgIpc) is 3.22. The standard InChI is InChI=1S/C44H53N7O5/c45-43(55)42-38(47-41(25-46-42)50-16-1-2-31(27-50)28-52)22-29-3-5-32(6-4-29)33-13-17-48(18-14-33)26-30-11-19-49(20-12-30)35-7-9-37-34(23-35)15-21-51(44(37)56)39-10-8-36(53)24-40(39)54/h3-7,9,15,21,23,25,30-31,33,39,52H,1-2,8,10-14,16-20,22,24,26-28H2,(H2,45,55)/t31-,39?/m1/s1. The molecule has 5 heterocycles. The molecule has 2 atom stereocenters. The smallest absolute Gasteiger partial charge is 0.269 e. The summed E-state index contributed by atoms with van der Waals surface area (Å²) in [5.41, 5.74) is 9.88. The third-order valence-electron chi connectivity index (χ3n) is 12.8. The fourth-order valence-corrected chi connectivity index (χ4v) is 9.45. The molecule has 3 saturated heterocycles. The number of carbonyl (C=O) groups is 3. The number of benzene rings is 2. The fraction of sp³-hybridized carbons (Fsp3) is 0.500. The number of Topliss-reactive ketones (excluding diaryl/α,β-unsaturated/α-hetero) is 2. The molecule has 12 heteroatoms. The second-order valence-electron chi connectivity index (χ2n) is 16.5. The van der Waals surface area contributed by atoms with Gasteiger partial charge in [0.2, 0.25) is 0 Å². The van der Waals surface area contributed by atoms with Gasteiger partial charge in [-0.25, -0.2) is 9.97 Å². The zero-order valence-corrected chi connectivity index (χ0v) is 32.2. The van der Waals surface area contributed by atoms with Crippen molar-refractivity contribution in [3.8, 4) is 0 Å². The van der Waals surface area contributed by atoms with Gasteiger partial charge in [-0.05, 0) is 117 Å². The molecule has 1 aliphatic carbocycles. The summed E-state index contributed by atoms with van der Waals surface area (Å²) in [5, 5.41) is 11.2. The number of amides is 1. The maximum Gasteiger partial charge on any atom is 0.269 e. The van der Waals surface area contributed by atoms with Crippen molar-refractivity contribution in [1.29, 1.82) is 0 Å². The quantitative estimate of drug-likeness (QED) is 0.219. The Morgan fingerprint density at radius 1 is 0.857 bits per heavy atom. The number of hydrogen-bond acceptors (Lipinski definition) is 10. The van der Waals surface area contributed by atoms with Crippen LogP contribution in [0.25, 0.3) is 10.8 Å². The normalized spacial score (nSPS) is 21.9. The van der Waals surface area contributed by atoms with Crippen molar-refractivity contribution in [2.75, 3.05) is 62.2 Å². The number of fused-ring (bicyclic) bond motifs is 1. The van der Waals surface area contributed by atoms with E-state index in [1.807, 2.05) is 18.2 Å². The molecule has 0 spiro atoms. The summed E-state index contributed by atoms with van der Waals surface area (Å²) >= 11 is 0. The Bertz CT molecular complexity index is 2140.